The first kappa shape index (κ1) is 8.37. The first-order valence-electron chi connectivity index (χ1n) is 3.01. The van der Waals surface area contributed by atoms with Gasteiger partial charge in [-0.2, -0.15) is 0 Å². The van der Waals surface area contributed by atoms with Crippen LogP contribution < -0.4 is 0 Å². The first-order valence-corrected chi connectivity index (χ1v) is 3.01. The van der Waals surface area contributed by atoms with Crippen molar-refractivity contribution in [2.24, 2.45) is 0 Å². The van der Waals surface area contributed by atoms with Crippen LogP contribution in [0, 0.1) is 0 Å². The Morgan fingerprint density at radius 2 is 2.33 bits per heavy atom. The molecule has 0 fully saturated rings. The van der Waals surface area contributed by atoms with Gasteiger partial charge in [-0.15, -0.1) is 0 Å². The van der Waals surface area contributed by atoms with E-state index in [1.54, 1.807) is 13.0 Å². The topological polar surface area (TPSA) is 26.3 Å². The molecule has 0 bridgehead atoms. The fourth-order valence-electron chi connectivity index (χ4n) is 0.356. The van der Waals surface area contributed by atoms with E-state index in [0.29, 0.717) is 13.2 Å². The van der Waals surface area contributed by atoms with Gasteiger partial charge in [-0.25, -0.2) is 0 Å². The zero-order valence-electron chi connectivity index (χ0n) is 5.89. The summed E-state index contributed by atoms with van der Waals surface area (Å²) in [5.41, 5.74) is 0.725. The van der Waals surface area contributed by atoms with Crippen molar-refractivity contribution in [3.63, 3.8) is 0 Å². The third-order valence-electron chi connectivity index (χ3n) is 0.913. The second kappa shape index (κ2) is 5.51. The van der Waals surface area contributed by atoms with Crippen LogP contribution in [0.15, 0.2) is 11.6 Å². The van der Waals surface area contributed by atoms with E-state index in [-0.39, 0.29) is 0 Å². The van der Waals surface area contributed by atoms with Gasteiger partial charge in [0.2, 0.25) is 0 Å². The molecule has 2 heteroatoms. The predicted octanol–water partition coefficient (Wildman–Crippen LogP) is 1.17. The lowest BCUT2D eigenvalue weighted by Gasteiger charge is -1.92. The molecule has 0 N–H and O–H groups in total. The maximum atomic E-state index is 9.98. The molecule has 0 aliphatic rings. The molecular formula is C7H12O2. The summed E-state index contributed by atoms with van der Waals surface area (Å²) < 4.78 is 4.97. The van der Waals surface area contributed by atoms with Crippen LogP contribution in [0.3, 0.4) is 0 Å². The zero-order valence-corrected chi connectivity index (χ0v) is 5.89. The average Bonchev–Trinajstić information content (AvgIpc) is 1.89. The smallest absolute Gasteiger partial charge is 0.145 e. The summed E-state index contributed by atoms with van der Waals surface area (Å²) in [6.07, 6.45) is 2.58. The lowest BCUT2D eigenvalue weighted by atomic mass is 10.3. The molecule has 0 amide bonds. The van der Waals surface area contributed by atoms with Crippen LogP contribution >= 0.6 is 0 Å². The third kappa shape index (κ3) is 5.24. The minimum Gasteiger partial charge on any atom is -0.378 e. The third-order valence-corrected chi connectivity index (χ3v) is 0.913. The summed E-state index contributed by atoms with van der Waals surface area (Å²) >= 11 is 0. The second-order valence-electron chi connectivity index (χ2n) is 1.73. The summed E-state index contributed by atoms with van der Waals surface area (Å²) in [4.78, 5) is 9.98. The highest BCUT2D eigenvalue weighted by atomic mass is 16.5. The van der Waals surface area contributed by atoms with Crippen LogP contribution in [0.4, 0.5) is 0 Å². The summed E-state index contributed by atoms with van der Waals surface area (Å²) in [7, 11) is 0. The van der Waals surface area contributed by atoms with E-state index in [9.17, 15) is 4.79 Å². The Balaban J connectivity index is 3.31. The van der Waals surface area contributed by atoms with E-state index in [2.05, 4.69) is 0 Å². The van der Waals surface area contributed by atoms with Crippen molar-refractivity contribution in [1.29, 1.82) is 0 Å². The molecule has 0 saturated heterocycles. The maximum absolute atomic E-state index is 9.98. The monoisotopic (exact) mass is 128 g/mol. The molecule has 0 spiro atoms. The van der Waals surface area contributed by atoms with Gasteiger partial charge in [-0.05, 0) is 19.4 Å². The summed E-state index contributed by atoms with van der Waals surface area (Å²) in [5.74, 6) is 0. The number of hydrogen-bond acceptors (Lipinski definition) is 2. The summed E-state index contributed by atoms with van der Waals surface area (Å²) in [6, 6.07) is 0. The van der Waals surface area contributed by atoms with Gasteiger partial charge in [-0.3, -0.25) is 4.79 Å². The lowest BCUT2D eigenvalue weighted by Crippen LogP contribution is -1.90. The van der Waals surface area contributed by atoms with Gasteiger partial charge < -0.3 is 4.74 Å². The van der Waals surface area contributed by atoms with Gasteiger partial charge in [0.05, 0.1) is 6.61 Å². The van der Waals surface area contributed by atoms with Gasteiger partial charge in [0.25, 0.3) is 0 Å². The number of rotatable bonds is 4. The van der Waals surface area contributed by atoms with Crippen molar-refractivity contribution in [3.8, 4) is 0 Å². The first-order chi connectivity index (χ1) is 4.31. The molecular weight excluding hydrogens is 116 g/mol. The average molecular weight is 128 g/mol. The molecule has 9 heavy (non-hydrogen) atoms. The van der Waals surface area contributed by atoms with E-state index >= 15 is 0 Å². The number of aldehydes is 1. The molecule has 0 aliphatic heterocycles. The minimum absolute atomic E-state index is 0.543. The van der Waals surface area contributed by atoms with E-state index in [1.807, 2.05) is 6.92 Å². The van der Waals surface area contributed by atoms with Gasteiger partial charge in [-0.1, -0.05) is 6.08 Å². The second-order valence-corrected chi connectivity index (χ2v) is 1.73. The van der Waals surface area contributed by atoms with Crippen LogP contribution in [0.1, 0.15) is 13.8 Å². The SMILES string of the molecule is CCOC/C=C(\C)C=O. The maximum Gasteiger partial charge on any atom is 0.145 e. The van der Waals surface area contributed by atoms with Crippen LogP contribution in [-0.2, 0) is 9.53 Å². The molecule has 0 saturated carbocycles. The highest BCUT2D eigenvalue weighted by molar-refractivity contribution is 5.71. The Morgan fingerprint density at radius 1 is 1.67 bits per heavy atom. The molecule has 0 rings (SSSR count). The molecule has 0 aromatic heterocycles. The van der Waals surface area contributed by atoms with Crippen molar-refractivity contribution in [3.05, 3.63) is 11.6 Å². The summed E-state index contributed by atoms with van der Waals surface area (Å²) in [6.45, 7) is 4.92. The number of carbonyl (C=O) groups excluding carboxylic acids is 1. The molecule has 0 heterocycles. The van der Waals surface area contributed by atoms with E-state index < -0.39 is 0 Å². The Bertz CT molecular complexity index is 105. The fraction of sp³-hybridized carbons (Fsp3) is 0.571. The van der Waals surface area contributed by atoms with Crippen LogP contribution in [0.5, 0.6) is 0 Å². The minimum atomic E-state index is 0.543. The number of carbonyl (C=O) groups is 1. The van der Waals surface area contributed by atoms with Gasteiger partial charge in [0, 0.05) is 6.61 Å². The molecule has 0 atom stereocenters. The molecule has 52 valence electrons. The molecule has 0 radical (unpaired) electrons. The highest BCUT2D eigenvalue weighted by Gasteiger charge is 1.81. The molecule has 2 nitrogen and oxygen atoms in total. The van der Waals surface area contributed by atoms with Crippen LogP contribution in [-0.4, -0.2) is 19.5 Å². The van der Waals surface area contributed by atoms with E-state index in [4.69, 9.17) is 4.74 Å². The van der Waals surface area contributed by atoms with Crippen molar-refractivity contribution < 1.29 is 9.53 Å². The molecule has 0 aromatic rings. The van der Waals surface area contributed by atoms with Crippen molar-refractivity contribution in [2.75, 3.05) is 13.2 Å². The van der Waals surface area contributed by atoms with E-state index in [0.717, 1.165) is 11.9 Å². The number of allylic oxidation sites excluding steroid dienone is 1. The molecule has 0 aromatic carbocycles. The van der Waals surface area contributed by atoms with Crippen LogP contribution in [0.2, 0.25) is 0 Å². The van der Waals surface area contributed by atoms with Crippen LogP contribution in [0.25, 0.3) is 0 Å². The quantitative estimate of drug-likeness (QED) is 0.323. The number of hydrogen-bond donors (Lipinski definition) is 0. The highest BCUT2D eigenvalue weighted by Crippen LogP contribution is 1.85. The molecule has 0 unspecified atom stereocenters. The fourth-order valence-corrected chi connectivity index (χ4v) is 0.356. The predicted molar refractivity (Wildman–Crippen MR) is 36.3 cm³/mol. The Morgan fingerprint density at radius 3 is 2.78 bits per heavy atom. The van der Waals surface area contributed by atoms with Gasteiger partial charge in [0.1, 0.15) is 6.29 Å². The summed E-state index contributed by atoms with van der Waals surface area (Å²) in [5, 5.41) is 0. The van der Waals surface area contributed by atoms with Gasteiger partial charge in [0.15, 0.2) is 0 Å². The Hall–Kier alpha value is -0.630. The normalized spacial score (nSPS) is 11.6. The zero-order chi connectivity index (χ0) is 7.11. The van der Waals surface area contributed by atoms with Gasteiger partial charge >= 0.3 is 0 Å². The Kier molecular flexibility index (Phi) is 5.12. The Labute approximate surface area is 55.5 Å². The largest absolute Gasteiger partial charge is 0.378 e. The molecule has 0 aliphatic carbocycles. The van der Waals surface area contributed by atoms with Crippen molar-refractivity contribution >= 4 is 6.29 Å². The standard InChI is InChI=1S/C7H12O2/c1-3-9-5-4-7(2)6-8/h4,6H,3,5H2,1-2H3/b7-4+. The number of ether oxygens (including phenoxy) is 1. The lowest BCUT2D eigenvalue weighted by molar-refractivity contribution is -0.104. The van der Waals surface area contributed by atoms with Crippen molar-refractivity contribution in [1.82, 2.24) is 0 Å². The van der Waals surface area contributed by atoms with Crippen molar-refractivity contribution in [2.45, 2.75) is 13.8 Å². The van der Waals surface area contributed by atoms with E-state index in [1.165, 1.54) is 0 Å².